The van der Waals surface area contributed by atoms with Gasteiger partial charge in [-0.2, -0.15) is 0 Å². The molecule has 2 fully saturated rings. The van der Waals surface area contributed by atoms with Crippen molar-refractivity contribution >= 4 is 32.6 Å². The fourth-order valence-corrected chi connectivity index (χ4v) is 4.60. The van der Waals surface area contributed by atoms with E-state index in [0.29, 0.717) is 6.54 Å². The number of hydrogen-bond donors (Lipinski definition) is 0. The Morgan fingerprint density at radius 3 is 2.78 bits per heavy atom. The molecule has 2 heterocycles. The van der Waals surface area contributed by atoms with Crippen molar-refractivity contribution in [1.82, 2.24) is 4.98 Å². The average Bonchev–Trinajstić information content (AvgIpc) is 3.32. The number of thiazole rings is 1. The smallest absolute Gasteiger partial charge is 0.231 e. The minimum atomic E-state index is 0.160. The summed E-state index contributed by atoms with van der Waals surface area (Å²) in [4.78, 5) is 19.7. The number of benzene rings is 1. The fourth-order valence-electron chi connectivity index (χ4n) is 3.62. The third kappa shape index (κ3) is 3.12. The summed E-state index contributed by atoms with van der Waals surface area (Å²) in [5.74, 6) is 0.417. The SMILES string of the molecule is O=C(C1CCCC1)N(C[C@H]1CCCO1)c1nc2ccccc2s1. The van der Waals surface area contributed by atoms with Crippen molar-refractivity contribution in [2.75, 3.05) is 18.1 Å². The Morgan fingerprint density at radius 1 is 1.22 bits per heavy atom. The van der Waals surface area contributed by atoms with Gasteiger partial charge in [0.25, 0.3) is 0 Å². The van der Waals surface area contributed by atoms with Gasteiger partial charge in [0.15, 0.2) is 5.13 Å². The quantitative estimate of drug-likeness (QED) is 0.851. The molecule has 0 radical (unpaired) electrons. The summed E-state index contributed by atoms with van der Waals surface area (Å²) in [6, 6.07) is 8.10. The number of nitrogens with zero attached hydrogens (tertiary/aromatic N) is 2. The normalized spacial score (nSPS) is 22.0. The number of fused-ring (bicyclic) bond motifs is 1. The number of amides is 1. The van der Waals surface area contributed by atoms with Crippen molar-refractivity contribution in [3.8, 4) is 0 Å². The summed E-state index contributed by atoms with van der Waals surface area (Å²) in [6.45, 7) is 1.46. The van der Waals surface area contributed by atoms with E-state index in [2.05, 4.69) is 6.07 Å². The summed E-state index contributed by atoms with van der Waals surface area (Å²) >= 11 is 1.61. The van der Waals surface area contributed by atoms with Crippen LogP contribution in [0.1, 0.15) is 38.5 Å². The molecule has 1 atom stereocenters. The van der Waals surface area contributed by atoms with Gasteiger partial charge in [-0.1, -0.05) is 36.3 Å². The van der Waals surface area contributed by atoms with E-state index in [1.165, 1.54) is 12.8 Å². The highest BCUT2D eigenvalue weighted by molar-refractivity contribution is 7.22. The van der Waals surface area contributed by atoms with E-state index in [9.17, 15) is 4.79 Å². The van der Waals surface area contributed by atoms with E-state index in [1.54, 1.807) is 11.3 Å². The lowest BCUT2D eigenvalue weighted by Gasteiger charge is -2.25. The van der Waals surface area contributed by atoms with Crippen LogP contribution < -0.4 is 4.90 Å². The molecule has 2 aliphatic rings. The van der Waals surface area contributed by atoms with Crippen LogP contribution in [0.15, 0.2) is 24.3 Å². The van der Waals surface area contributed by atoms with Crippen molar-refractivity contribution in [1.29, 1.82) is 0 Å². The zero-order chi connectivity index (χ0) is 15.6. The molecule has 1 saturated carbocycles. The first-order valence-corrected chi connectivity index (χ1v) is 9.41. The molecule has 122 valence electrons. The van der Waals surface area contributed by atoms with E-state index in [0.717, 1.165) is 47.6 Å². The van der Waals surface area contributed by atoms with Crippen molar-refractivity contribution in [3.05, 3.63) is 24.3 Å². The van der Waals surface area contributed by atoms with Crippen LogP contribution in [0.25, 0.3) is 10.2 Å². The summed E-state index contributed by atoms with van der Waals surface area (Å²) in [6.07, 6.45) is 6.67. The summed E-state index contributed by atoms with van der Waals surface area (Å²) in [7, 11) is 0. The summed E-state index contributed by atoms with van der Waals surface area (Å²) < 4.78 is 6.91. The monoisotopic (exact) mass is 330 g/mol. The maximum atomic E-state index is 13.0. The van der Waals surface area contributed by atoms with Crippen molar-refractivity contribution in [2.45, 2.75) is 44.6 Å². The van der Waals surface area contributed by atoms with E-state index in [4.69, 9.17) is 9.72 Å². The molecule has 1 amide bonds. The minimum absolute atomic E-state index is 0.160. The van der Waals surface area contributed by atoms with Crippen LogP contribution in [0.4, 0.5) is 5.13 Å². The first kappa shape index (κ1) is 15.1. The molecule has 1 aromatic carbocycles. The van der Waals surface area contributed by atoms with Gasteiger partial charge in [-0.3, -0.25) is 9.69 Å². The lowest BCUT2D eigenvalue weighted by atomic mass is 10.1. The third-order valence-corrected chi connectivity index (χ3v) is 5.95. The van der Waals surface area contributed by atoms with Gasteiger partial charge in [-0.15, -0.1) is 0 Å². The largest absolute Gasteiger partial charge is 0.376 e. The van der Waals surface area contributed by atoms with Gasteiger partial charge in [-0.25, -0.2) is 4.98 Å². The molecule has 1 aliphatic carbocycles. The third-order valence-electron chi connectivity index (χ3n) is 4.89. The molecular formula is C18H22N2O2S. The van der Waals surface area contributed by atoms with Crippen molar-refractivity contribution < 1.29 is 9.53 Å². The molecule has 1 aromatic heterocycles. The van der Waals surface area contributed by atoms with Crippen molar-refractivity contribution in [2.24, 2.45) is 5.92 Å². The lowest BCUT2D eigenvalue weighted by molar-refractivity contribution is -0.122. The highest BCUT2D eigenvalue weighted by Crippen LogP contribution is 2.33. The van der Waals surface area contributed by atoms with Crippen LogP contribution in [0, 0.1) is 5.92 Å². The molecule has 5 heteroatoms. The van der Waals surface area contributed by atoms with Gasteiger partial charge in [0.2, 0.25) is 5.91 Å². The molecule has 4 nitrogen and oxygen atoms in total. The molecule has 2 aromatic rings. The molecular weight excluding hydrogens is 308 g/mol. The highest BCUT2D eigenvalue weighted by atomic mass is 32.1. The van der Waals surface area contributed by atoms with Gasteiger partial charge < -0.3 is 4.74 Å². The number of carbonyl (C=O) groups is 1. The van der Waals surface area contributed by atoms with Crippen molar-refractivity contribution in [3.63, 3.8) is 0 Å². The number of hydrogen-bond acceptors (Lipinski definition) is 4. The van der Waals surface area contributed by atoms with Gasteiger partial charge >= 0.3 is 0 Å². The highest BCUT2D eigenvalue weighted by Gasteiger charge is 2.32. The first-order valence-electron chi connectivity index (χ1n) is 8.60. The zero-order valence-corrected chi connectivity index (χ0v) is 14.1. The van der Waals surface area contributed by atoms with Crippen LogP contribution in [-0.4, -0.2) is 30.1 Å². The number of aromatic nitrogens is 1. The number of carbonyl (C=O) groups excluding carboxylic acids is 1. The van der Waals surface area contributed by atoms with Crippen LogP contribution in [0.3, 0.4) is 0 Å². The Bertz CT molecular complexity index is 654. The standard InChI is InChI=1S/C18H22N2O2S/c21-17(13-6-1-2-7-13)20(12-14-8-5-11-22-14)18-19-15-9-3-4-10-16(15)23-18/h3-4,9-10,13-14H,1-2,5-8,11-12H2/t14-/m1/s1. The van der Waals surface area contributed by atoms with E-state index >= 15 is 0 Å². The number of ether oxygens (including phenoxy) is 1. The fraction of sp³-hybridized carbons (Fsp3) is 0.556. The van der Waals surface area contributed by atoms with Crippen LogP contribution in [-0.2, 0) is 9.53 Å². The molecule has 0 bridgehead atoms. The Balaban J connectivity index is 1.63. The second-order valence-electron chi connectivity index (χ2n) is 6.53. The molecule has 0 N–H and O–H groups in total. The maximum absolute atomic E-state index is 13.0. The number of para-hydroxylation sites is 1. The molecule has 0 spiro atoms. The number of anilines is 1. The van der Waals surface area contributed by atoms with Crippen LogP contribution >= 0.6 is 11.3 Å². The second-order valence-corrected chi connectivity index (χ2v) is 7.54. The van der Waals surface area contributed by atoms with Crippen LogP contribution in [0.5, 0.6) is 0 Å². The Morgan fingerprint density at radius 2 is 2.04 bits per heavy atom. The minimum Gasteiger partial charge on any atom is -0.376 e. The van der Waals surface area contributed by atoms with E-state index < -0.39 is 0 Å². The predicted molar refractivity (Wildman–Crippen MR) is 92.9 cm³/mol. The summed E-state index contributed by atoms with van der Waals surface area (Å²) in [5.41, 5.74) is 0.976. The first-order chi connectivity index (χ1) is 11.3. The topological polar surface area (TPSA) is 42.4 Å². The van der Waals surface area contributed by atoms with Gasteiger partial charge in [0, 0.05) is 12.5 Å². The second kappa shape index (κ2) is 6.57. The lowest BCUT2D eigenvalue weighted by Crippen LogP contribution is -2.40. The van der Waals surface area contributed by atoms with Gasteiger partial charge in [0.1, 0.15) is 0 Å². The van der Waals surface area contributed by atoms with Crippen LogP contribution in [0.2, 0.25) is 0 Å². The predicted octanol–water partition coefficient (Wildman–Crippen LogP) is 4.00. The molecule has 0 unspecified atom stereocenters. The molecule has 4 rings (SSSR count). The zero-order valence-electron chi connectivity index (χ0n) is 13.2. The average molecular weight is 330 g/mol. The molecule has 23 heavy (non-hydrogen) atoms. The van der Waals surface area contributed by atoms with E-state index in [-0.39, 0.29) is 17.9 Å². The Kier molecular flexibility index (Phi) is 4.31. The summed E-state index contributed by atoms with van der Waals surface area (Å²) in [5, 5.41) is 0.832. The Hall–Kier alpha value is -1.46. The number of rotatable bonds is 4. The van der Waals surface area contributed by atoms with E-state index in [1.807, 2.05) is 23.1 Å². The molecule has 1 saturated heterocycles. The Labute approximate surface area is 140 Å². The van der Waals surface area contributed by atoms with Gasteiger partial charge in [-0.05, 0) is 37.8 Å². The molecule has 1 aliphatic heterocycles. The van der Waals surface area contributed by atoms with Gasteiger partial charge in [0.05, 0.1) is 22.9 Å². The maximum Gasteiger partial charge on any atom is 0.231 e.